The van der Waals surface area contributed by atoms with Gasteiger partial charge >= 0.3 is 0 Å². The first-order valence-corrected chi connectivity index (χ1v) is 9.96. The molecule has 3 fully saturated rings. The fourth-order valence-electron chi connectivity index (χ4n) is 5.10. The molecule has 22 heavy (non-hydrogen) atoms. The zero-order chi connectivity index (χ0) is 15.2. The Balaban J connectivity index is 1.56. The van der Waals surface area contributed by atoms with Crippen molar-refractivity contribution in [2.24, 2.45) is 5.92 Å². The summed E-state index contributed by atoms with van der Waals surface area (Å²) in [5.74, 6) is 0.696. The Morgan fingerprint density at radius 3 is 2.18 bits per heavy atom. The van der Waals surface area contributed by atoms with Crippen molar-refractivity contribution < 1.29 is 5.11 Å². The van der Waals surface area contributed by atoms with Gasteiger partial charge in [-0.3, -0.25) is 4.90 Å². The van der Waals surface area contributed by atoms with Gasteiger partial charge in [-0.25, -0.2) is 0 Å². The summed E-state index contributed by atoms with van der Waals surface area (Å²) in [5, 5.41) is 13.4. The number of aliphatic hydroxyl groups excluding tert-OH is 1. The SMILES string of the molecule is OCCC1CC(NC2CCCCC2)CN(C2CCCCC2)C1. The van der Waals surface area contributed by atoms with Gasteiger partial charge < -0.3 is 10.4 Å². The van der Waals surface area contributed by atoms with Crippen molar-refractivity contribution in [3.05, 3.63) is 0 Å². The Morgan fingerprint density at radius 2 is 1.50 bits per heavy atom. The average Bonchev–Trinajstić information content (AvgIpc) is 2.57. The number of likely N-dealkylation sites (tertiary alicyclic amines) is 1. The second-order valence-corrected chi connectivity index (χ2v) is 8.06. The smallest absolute Gasteiger partial charge is 0.0434 e. The maximum Gasteiger partial charge on any atom is 0.0434 e. The number of hydrogen-bond donors (Lipinski definition) is 2. The Kier molecular flexibility index (Phi) is 6.58. The summed E-state index contributed by atoms with van der Waals surface area (Å²) < 4.78 is 0. The van der Waals surface area contributed by atoms with Crippen LogP contribution in [0.2, 0.25) is 0 Å². The molecular formula is C19H36N2O. The van der Waals surface area contributed by atoms with Crippen LogP contribution in [0.5, 0.6) is 0 Å². The van der Waals surface area contributed by atoms with Crippen LogP contribution >= 0.6 is 0 Å². The second kappa shape index (κ2) is 8.65. The molecule has 0 spiro atoms. The molecule has 3 heteroatoms. The maximum absolute atomic E-state index is 9.38. The predicted octanol–water partition coefficient (Wildman–Crippen LogP) is 3.31. The van der Waals surface area contributed by atoms with Gasteiger partial charge in [-0.1, -0.05) is 38.5 Å². The van der Waals surface area contributed by atoms with E-state index in [9.17, 15) is 5.11 Å². The number of hydrogen-bond acceptors (Lipinski definition) is 3. The highest BCUT2D eigenvalue weighted by Crippen LogP contribution is 2.29. The van der Waals surface area contributed by atoms with Crippen LogP contribution in [-0.2, 0) is 0 Å². The highest BCUT2D eigenvalue weighted by Gasteiger charge is 2.32. The summed E-state index contributed by atoms with van der Waals surface area (Å²) in [6, 6.07) is 2.25. The van der Waals surface area contributed by atoms with Gasteiger partial charge in [-0.15, -0.1) is 0 Å². The molecule has 0 radical (unpaired) electrons. The fourth-order valence-corrected chi connectivity index (χ4v) is 5.10. The minimum absolute atomic E-state index is 0.360. The minimum Gasteiger partial charge on any atom is -0.396 e. The quantitative estimate of drug-likeness (QED) is 0.818. The van der Waals surface area contributed by atoms with Gasteiger partial charge in [-0.2, -0.15) is 0 Å². The molecule has 1 heterocycles. The van der Waals surface area contributed by atoms with Crippen LogP contribution in [0.4, 0.5) is 0 Å². The lowest BCUT2D eigenvalue weighted by Crippen LogP contribution is -2.55. The van der Waals surface area contributed by atoms with E-state index < -0.39 is 0 Å². The van der Waals surface area contributed by atoms with Crippen LogP contribution < -0.4 is 5.32 Å². The van der Waals surface area contributed by atoms with E-state index in [0.29, 0.717) is 18.6 Å². The van der Waals surface area contributed by atoms with Crippen molar-refractivity contribution in [1.82, 2.24) is 10.2 Å². The van der Waals surface area contributed by atoms with E-state index in [0.717, 1.165) is 18.5 Å². The largest absolute Gasteiger partial charge is 0.396 e. The van der Waals surface area contributed by atoms with Crippen molar-refractivity contribution in [2.45, 2.75) is 95.2 Å². The zero-order valence-corrected chi connectivity index (χ0v) is 14.3. The van der Waals surface area contributed by atoms with Gasteiger partial charge in [0, 0.05) is 37.8 Å². The fraction of sp³-hybridized carbons (Fsp3) is 1.00. The molecule has 0 aromatic rings. The molecule has 2 saturated carbocycles. The van der Waals surface area contributed by atoms with Crippen molar-refractivity contribution in [3.63, 3.8) is 0 Å². The summed E-state index contributed by atoms with van der Waals surface area (Å²) in [6.45, 7) is 2.84. The zero-order valence-electron chi connectivity index (χ0n) is 14.3. The molecule has 2 unspecified atom stereocenters. The minimum atomic E-state index is 0.360. The van der Waals surface area contributed by atoms with E-state index in [-0.39, 0.29) is 0 Å². The predicted molar refractivity (Wildman–Crippen MR) is 92.1 cm³/mol. The van der Waals surface area contributed by atoms with E-state index in [1.807, 2.05) is 0 Å². The van der Waals surface area contributed by atoms with E-state index >= 15 is 0 Å². The summed E-state index contributed by atoms with van der Waals surface area (Å²) in [7, 11) is 0. The third kappa shape index (κ3) is 4.69. The van der Waals surface area contributed by atoms with Gasteiger partial charge in [0.2, 0.25) is 0 Å². The topological polar surface area (TPSA) is 35.5 Å². The highest BCUT2D eigenvalue weighted by atomic mass is 16.3. The number of nitrogens with one attached hydrogen (secondary N) is 1. The molecule has 0 bridgehead atoms. The number of piperidine rings is 1. The molecule has 2 atom stereocenters. The summed E-state index contributed by atoms with van der Waals surface area (Å²) in [5.41, 5.74) is 0. The third-order valence-corrected chi connectivity index (χ3v) is 6.27. The van der Waals surface area contributed by atoms with Gasteiger partial charge in [0.05, 0.1) is 0 Å². The van der Waals surface area contributed by atoms with Crippen molar-refractivity contribution in [1.29, 1.82) is 0 Å². The molecule has 3 rings (SSSR count). The lowest BCUT2D eigenvalue weighted by molar-refractivity contribution is 0.0630. The van der Waals surface area contributed by atoms with Crippen LogP contribution in [0, 0.1) is 5.92 Å². The molecule has 128 valence electrons. The Morgan fingerprint density at radius 1 is 0.818 bits per heavy atom. The number of rotatable bonds is 5. The van der Waals surface area contributed by atoms with Crippen LogP contribution in [-0.4, -0.2) is 47.8 Å². The molecular weight excluding hydrogens is 272 g/mol. The first kappa shape index (κ1) is 16.7. The molecule has 1 saturated heterocycles. The summed E-state index contributed by atoms with van der Waals surface area (Å²) >= 11 is 0. The van der Waals surface area contributed by atoms with Gasteiger partial charge in [-0.05, 0) is 44.4 Å². The maximum atomic E-state index is 9.38. The van der Waals surface area contributed by atoms with Crippen LogP contribution in [0.3, 0.4) is 0 Å². The standard InChI is InChI=1S/C19H36N2O/c22-12-11-16-13-18(20-17-7-3-1-4-8-17)15-21(14-16)19-9-5-2-6-10-19/h16-20,22H,1-15H2. The van der Waals surface area contributed by atoms with E-state index in [1.165, 1.54) is 83.7 Å². The number of nitrogens with zero attached hydrogens (tertiary/aromatic N) is 1. The van der Waals surface area contributed by atoms with E-state index in [1.54, 1.807) is 0 Å². The van der Waals surface area contributed by atoms with Crippen LogP contribution in [0.1, 0.15) is 77.0 Å². The molecule has 2 aliphatic carbocycles. The van der Waals surface area contributed by atoms with Gasteiger partial charge in [0.15, 0.2) is 0 Å². The monoisotopic (exact) mass is 308 g/mol. The van der Waals surface area contributed by atoms with E-state index in [4.69, 9.17) is 0 Å². The summed E-state index contributed by atoms with van der Waals surface area (Å²) in [4.78, 5) is 2.78. The highest BCUT2D eigenvalue weighted by molar-refractivity contribution is 4.90. The van der Waals surface area contributed by atoms with E-state index in [2.05, 4.69) is 10.2 Å². The molecule has 3 nitrogen and oxygen atoms in total. The lowest BCUT2D eigenvalue weighted by atomic mass is 9.86. The summed E-state index contributed by atoms with van der Waals surface area (Å²) in [6.07, 6.45) is 16.4. The average molecular weight is 309 g/mol. The van der Waals surface area contributed by atoms with Gasteiger partial charge in [0.25, 0.3) is 0 Å². The molecule has 2 N–H and O–H groups in total. The van der Waals surface area contributed by atoms with Crippen LogP contribution in [0.15, 0.2) is 0 Å². The Hall–Kier alpha value is -0.120. The van der Waals surface area contributed by atoms with Crippen LogP contribution in [0.25, 0.3) is 0 Å². The molecule has 1 aliphatic heterocycles. The first-order chi connectivity index (χ1) is 10.8. The lowest BCUT2D eigenvalue weighted by Gasteiger charge is -2.44. The first-order valence-electron chi connectivity index (χ1n) is 9.96. The molecule has 3 aliphatic rings. The second-order valence-electron chi connectivity index (χ2n) is 8.06. The molecule has 0 aromatic carbocycles. The third-order valence-electron chi connectivity index (χ3n) is 6.27. The number of aliphatic hydroxyl groups is 1. The van der Waals surface area contributed by atoms with Gasteiger partial charge in [0.1, 0.15) is 0 Å². The molecule has 0 amide bonds. The van der Waals surface area contributed by atoms with Crippen molar-refractivity contribution in [2.75, 3.05) is 19.7 Å². The normalized spacial score (nSPS) is 33.1. The van der Waals surface area contributed by atoms with Crippen molar-refractivity contribution in [3.8, 4) is 0 Å². The Bertz CT molecular complexity index is 311. The molecule has 0 aromatic heterocycles. The van der Waals surface area contributed by atoms with Crippen molar-refractivity contribution >= 4 is 0 Å². The Labute approximate surface area is 136 Å².